The highest BCUT2D eigenvalue weighted by Crippen LogP contribution is 2.19. The largest absolute Gasteiger partial charge is 0.378 e. The Balaban J connectivity index is 1.53. The Morgan fingerprint density at radius 1 is 0.903 bits per heavy atom. The van der Waals surface area contributed by atoms with Gasteiger partial charge < -0.3 is 10.2 Å². The van der Waals surface area contributed by atoms with Gasteiger partial charge in [0.2, 0.25) is 5.91 Å². The lowest BCUT2D eigenvalue weighted by Gasteiger charge is -2.16. The third kappa shape index (κ3) is 5.60. The monoisotopic (exact) mass is 418 g/mol. The highest BCUT2D eigenvalue weighted by molar-refractivity contribution is 5.97. The first-order valence-corrected chi connectivity index (χ1v) is 9.98. The molecule has 0 aliphatic carbocycles. The lowest BCUT2D eigenvalue weighted by Crippen LogP contribution is -2.51. The first-order chi connectivity index (χ1) is 14.8. The van der Waals surface area contributed by atoms with Crippen LogP contribution >= 0.6 is 0 Å². The zero-order valence-corrected chi connectivity index (χ0v) is 17.8. The summed E-state index contributed by atoms with van der Waals surface area (Å²) < 4.78 is 0. The van der Waals surface area contributed by atoms with Crippen molar-refractivity contribution < 1.29 is 14.4 Å². The molecule has 7 heteroatoms. The van der Waals surface area contributed by atoms with E-state index in [0.29, 0.717) is 5.56 Å². The molecular formula is C24H26N4O3. The number of nitrogens with one attached hydrogen (secondary N) is 3. The smallest absolute Gasteiger partial charge is 0.269 e. The van der Waals surface area contributed by atoms with Gasteiger partial charge in [-0.1, -0.05) is 48.5 Å². The van der Waals surface area contributed by atoms with Gasteiger partial charge in [0.05, 0.1) is 6.42 Å². The lowest BCUT2D eigenvalue weighted by atomic mass is 10.0. The number of fused-ring (bicyclic) bond motifs is 1. The predicted octanol–water partition coefficient (Wildman–Crippen LogP) is 2.41. The Morgan fingerprint density at radius 2 is 1.61 bits per heavy atom. The van der Waals surface area contributed by atoms with E-state index < -0.39 is 17.9 Å². The molecule has 7 nitrogen and oxygen atoms in total. The Kier molecular flexibility index (Phi) is 6.87. The van der Waals surface area contributed by atoms with E-state index in [1.54, 1.807) is 25.1 Å². The maximum absolute atomic E-state index is 12.4. The van der Waals surface area contributed by atoms with Gasteiger partial charge in [-0.05, 0) is 41.5 Å². The Bertz CT molecular complexity index is 1110. The standard InChI is InChI=1S/C24H26N4O3/c1-16(23(30)26-27-24(31)19-11-7-12-20(14-19)28(2)3)25-22(29)15-18-10-6-9-17-8-4-5-13-21(17)18/h4-14,16H,15H2,1-3H3,(H,25,29)(H,26,30)(H,27,31)/t16-/m1/s1. The minimum absolute atomic E-state index is 0.155. The van der Waals surface area contributed by atoms with Gasteiger partial charge >= 0.3 is 0 Å². The van der Waals surface area contributed by atoms with Crippen LogP contribution in [0.1, 0.15) is 22.8 Å². The van der Waals surface area contributed by atoms with Crippen molar-refractivity contribution in [3.8, 4) is 0 Å². The van der Waals surface area contributed by atoms with E-state index >= 15 is 0 Å². The summed E-state index contributed by atoms with van der Waals surface area (Å²) in [7, 11) is 3.75. The number of amides is 3. The van der Waals surface area contributed by atoms with Crippen LogP contribution in [0.3, 0.4) is 0 Å². The second kappa shape index (κ2) is 9.75. The summed E-state index contributed by atoms with van der Waals surface area (Å²) in [6, 6.07) is 19.8. The molecule has 0 unspecified atom stereocenters. The number of carbonyl (C=O) groups is 3. The molecule has 3 aromatic rings. The molecule has 3 rings (SSSR count). The number of anilines is 1. The molecule has 0 spiro atoms. The van der Waals surface area contributed by atoms with Crippen molar-refractivity contribution >= 4 is 34.2 Å². The summed E-state index contributed by atoms with van der Waals surface area (Å²) in [5.74, 6) is -1.22. The van der Waals surface area contributed by atoms with Crippen molar-refractivity contribution in [2.75, 3.05) is 19.0 Å². The normalized spacial score (nSPS) is 11.5. The number of benzene rings is 3. The number of rotatable bonds is 6. The summed E-state index contributed by atoms with van der Waals surface area (Å²) in [5.41, 5.74) is 6.92. The Morgan fingerprint density at radius 3 is 2.39 bits per heavy atom. The van der Waals surface area contributed by atoms with E-state index in [0.717, 1.165) is 22.0 Å². The molecule has 0 bridgehead atoms. The first-order valence-electron chi connectivity index (χ1n) is 9.98. The fourth-order valence-electron chi connectivity index (χ4n) is 3.20. The van der Waals surface area contributed by atoms with Crippen LogP contribution in [0.15, 0.2) is 66.7 Å². The van der Waals surface area contributed by atoms with Crippen molar-refractivity contribution in [1.29, 1.82) is 0 Å². The second-order valence-corrected chi connectivity index (χ2v) is 7.49. The van der Waals surface area contributed by atoms with Gasteiger partial charge in [0, 0.05) is 25.3 Å². The van der Waals surface area contributed by atoms with Gasteiger partial charge in [-0.2, -0.15) is 0 Å². The summed E-state index contributed by atoms with van der Waals surface area (Å²) >= 11 is 0. The molecule has 0 aliphatic heterocycles. The maximum atomic E-state index is 12.4. The van der Waals surface area contributed by atoms with Crippen molar-refractivity contribution in [2.24, 2.45) is 0 Å². The lowest BCUT2D eigenvalue weighted by molar-refractivity contribution is -0.128. The van der Waals surface area contributed by atoms with Crippen molar-refractivity contribution in [3.05, 3.63) is 77.9 Å². The van der Waals surface area contributed by atoms with Crippen LogP contribution in [0.5, 0.6) is 0 Å². The number of hydrogen-bond acceptors (Lipinski definition) is 4. The van der Waals surface area contributed by atoms with E-state index in [1.807, 2.05) is 67.5 Å². The molecule has 3 aromatic carbocycles. The van der Waals surface area contributed by atoms with Gasteiger partial charge in [0.25, 0.3) is 11.8 Å². The molecule has 0 radical (unpaired) electrons. The summed E-state index contributed by atoms with van der Waals surface area (Å²) in [5, 5.41) is 4.73. The molecule has 3 N–H and O–H groups in total. The van der Waals surface area contributed by atoms with Crippen LogP contribution in [0.2, 0.25) is 0 Å². The first kappa shape index (κ1) is 21.8. The van der Waals surface area contributed by atoms with Crippen LogP contribution in [-0.2, 0) is 16.0 Å². The van der Waals surface area contributed by atoms with Crippen molar-refractivity contribution in [3.63, 3.8) is 0 Å². The highest BCUT2D eigenvalue weighted by Gasteiger charge is 2.17. The summed E-state index contributed by atoms with van der Waals surface area (Å²) in [6.45, 7) is 1.56. The van der Waals surface area contributed by atoms with E-state index in [-0.39, 0.29) is 12.3 Å². The van der Waals surface area contributed by atoms with Crippen LogP contribution < -0.4 is 21.1 Å². The average Bonchev–Trinajstić information content (AvgIpc) is 2.77. The Hall–Kier alpha value is -3.87. The van der Waals surface area contributed by atoms with Crippen LogP contribution in [0.4, 0.5) is 5.69 Å². The molecule has 0 aromatic heterocycles. The molecule has 160 valence electrons. The summed E-state index contributed by atoms with van der Waals surface area (Å²) in [6.07, 6.45) is 0.155. The Labute approximate surface area is 181 Å². The minimum atomic E-state index is -0.809. The third-order valence-electron chi connectivity index (χ3n) is 4.93. The third-order valence-corrected chi connectivity index (χ3v) is 4.93. The zero-order valence-electron chi connectivity index (χ0n) is 17.8. The van der Waals surface area contributed by atoms with E-state index in [9.17, 15) is 14.4 Å². The minimum Gasteiger partial charge on any atom is -0.378 e. The molecule has 0 heterocycles. The number of nitrogens with zero attached hydrogens (tertiary/aromatic N) is 1. The van der Waals surface area contributed by atoms with Gasteiger partial charge in [-0.3, -0.25) is 25.2 Å². The van der Waals surface area contributed by atoms with Crippen LogP contribution in [-0.4, -0.2) is 37.9 Å². The molecule has 31 heavy (non-hydrogen) atoms. The van der Waals surface area contributed by atoms with Crippen molar-refractivity contribution in [1.82, 2.24) is 16.2 Å². The SMILES string of the molecule is C[C@@H](NC(=O)Cc1cccc2ccccc12)C(=O)NNC(=O)c1cccc(N(C)C)c1. The van der Waals surface area contributed by atoms with E-state index in [1.165, 1.54) is 0 Å². The molecule has 3 amide bonds. The van der Waals surface area contributed by atoms with E-state index in [2.05, 4.69) is 16.2 Å². The number of hydrogen-bond donors (Lipinski definition) is 3. The van der Waals surface area contributed by atoms with Gasteiger partial charge in [-0.15, -0.1) is 0 Å². The fraction of sp³-hybridized carbons (Fsp3) is 0.208. The molecule has 0 aliphatic rings. The molecule has 0 saturated heterocycles. The fourth-order valence-corrected chi connectivity index (χ4v) is 3.20. The van der Waals surface area contributed by atoms with Gasteiger partial charge in [0.1, 0.15) is 6.04 Å². The molecule has 0 fully saturated rings. The molecule has 1 atom stereocenters. The van der Waals surface area contributed by atoms with E-state index in [4.69, 9.17) is 0 Å². The average molecular weight is 418 g/mol. The topological polar surface area (TPSA) is 90.5 Å². The second-order valence-electron chi connectivity index (χ2n) is 7.49. The summed E-state index contributed by atoms with van der Waals surface area (Å²) in [4.78, 5) is 38.9. The van der Waals surface area contributed by atoms with Crippen molar-refractivity contribution in [2.45, 2.75) is 19.4 Å². The highest BCUT2D eigenvalue weighted by atomic mass is 16.2. The van der Waals surface area contributed by atoms with Gasteiger partial charge in [-0.25, -0.2) is 0 Å². The van der Waals surface area contributed by atoms with Crippen LogP contribution in [0.25, 0.3) is 10.8 Å². The zero-order chi connectivity index (χ0) is 22.4. The number of hydrazine groups is 1. The molecular weight excluding hydrogens is 392 g/mol. The number of carbonyl (C=O) groups excluding carboxylic acids is 3. The van der Waals surface area contributed by atoms with Crippen LogP contribution in [0, 0.1) is 0 Å². The molecule has 0 saturated carbocycles. The maximum Gasteiger partial charge on any atom is 0.269 e. The predicted molar refractivity (Wildman–Crippen MR) is 122 cm³/mol. The van der Waals surface area contributed by atoms with Gasteiger partial charge in [0.15, 0.2) is 0 Å². The quantitative estimate of drug-likeness (QED) is 0.536.